The van der Waals surface area contributed by atoms with Gasteiger partial charge in [0.05, 0.1) is 6.20 Å². The third-order valence-electron chi connectivity index (χ3n) is 2.08. The minimum atomic E-state index is -0.589. The van der Waals surface area contributed by atoms with Gasteiger partial charge in [-0.3, -0.25) is 9.78 Å². The summed E-state index contributed by atoms with van der Waals surface area (Å²) >= 11 is 0. The first-order valence-electron chi connectivity index (χ1n) is 4.93. The van der Waals surface area contributed by atoms with Crippen molar-refractivity contribution in [3.05, 3.63) is 60.4 Å². The molecule has 0 aliphatic carbocycles. The molecule has 0 unspecified atom stereocenters. The minimum absolute atomic E-state index is 0.447. The predicted molar refractivity (Wildman–Crippen MR) is 63.8 cm³/mol. The molecule has 1 aromatic rings. The van der Waals surface area contributed by atoms with Crippen LogP contribution in [0.5, 0.6) is 0 Å². The second-order valence-electron chi connectivity index (χ2n) is 3.23. The van der Waals surface area contributed by atoms with Crippen molar-refractivity contribution in [2.24, 2.45) is 0 Å². The normalized spacial score (nSPS) is 12.4. The number of rotatable bonds is 4. The van der Waals surface area contributed by atoms with E-state index in [9.17, 15) is 14.3 Å². The van der Waals surface area contributed by atoms with Gasteiger partial charge in [0.1, 0.15) is 5.82 Å². The number of allylic oxidation sites excluding steroid dienone is 4. The molecule has 4 heteroatoms. The molecule has 0 fully saturated rings. The lowest BCUT2D eigenvalue weighted by atomic mass is 10.1. The summed E-state index contributed by atoms with van der Waals surface area (Å²) in [6.07, 6.45) is 6.42. The van der Waals surface area contributed by atoms with E-state index in [1.54, 1.807) is 13.0 Å². The SMILES string of the molecule is C=CC(=O)/C(O)=C\C(=C/C)c1cncc(F)c1. The third-order valence-corrected chi connectivity index (χ3v) is 2.08. The Balaban J connectivity index is 3.10. The molecule has 3 nitrogen and oxygen atoms in total. The van der Waals surface area contributed by atoms with Crippen molar-refractivity contribution in [3.8, 4) is 0 Å². The van der Waals surface area contributed by atoms with Crippen molar-refractivity contribution in [1.82, 2.24) is 4.98 Å². The van der Waals surface area contributed by atoms with Crippen LogP contribution in [0.1, 0.15) is 12.5 Å². The summed E-state index contributed by atoms with van der Waals surface area (Å²) in [6, 6.07) is 1.27. The van der Waals surface area contributed by atoms with Crippen LogP contribution in [0.15, 0.2) is 49.0 Å². The van der Waals surface area contributed by atoms with Crippen LogP contribution in [0.3, 0.4) is 0 Å². The highest BCUT2D eigenvalue weighted by atomic mass is 19.1. The Hall–Kier alpha value is -2.23. The molecule has 17 heavy (non-hydrogen) atoms. The van der Waals surface area contributed by atoms with E-state index in [4.69, 9.17) is 0 Å². The molecule has 0 aliphatic rings. The van der Waals surface area contributed by atoms with Crippen LogP contribution in [0.4, 0.5) is 4.39 Å². The molecule has 1 heterocycles. The van der Waals surface area contributed by atoms with Crippen molar-refractivity contribution in [3.63, 3.8) is 0 Å². The Morgan fingerprint density at radius 1 is 1.53 bits per heavy atom. The minimum Gasteiger partial charge on any atom is -0.504 e. The van der Waals surface area contributed by atoms with Gasteiger partial charge in [-0.2, -0.15) is 0 Å². The van der Waals surface area contributed by atoms with Gasteiger partial charge in [0, 0.05) is 11.8 Å². The molecular weight excluding hydrogens is 221 g/mol. The largest absolute Gasteiger partial charge is 0.504 e. The van der Waals surface area contributed by atoms with Gasteiger partial charge in [-0.05, 0) is 30.7 Å². The van der Waals surface area contributed by atoms with Crippen LogP contribution in [0.25, 0.3) is 5.57 Å². The van der Waals surface area contributed by atoms with Gasteiger partial charge in [-0.1, -0.05) is 12.7 Å². The summed E-state index contributed by atoms with van der Waals surface area (Å²) in [5.41, 5.74) is 0.987. The molecule has 0 saturated heterocycles. The van der Waals surface area contributed by atoms with Crippen LogP contribution in [-0.4, -0.2) is 15.9 Å². The maximum Gasteiger partial charge on any atom is 0.219 e. The van der Waals surface area contributed by atoms with Crippen molar-refractivity contribution in [2.45, 2.75) is 6.92 Å². The zero-order valence-electron chi connectivity index (χ0n) is 9.35. The lowest BCUT2D eigenvalue weighted by Gasteiger charge is -2.02. The van der Waals surface area contributed by atoms with E-state index in [0.29, 0.717) is 11.1 Å². The maximum atomic E-state index is 13.0. The molecule has 0 aromatic carbocycles. The number of aliphatic hydroxyl groups is 1. The number of aliphatic hydroxyl groups excluding tert-OH is 1. The molecular formula is C13H12FNO2. The molecule has 0 aliphatic heterocycles. The van der Waals surface area contributed by atoms with Gasteiger partial charge in [-0.25, -0.2) is 4.39 Å². The lowest BCUT2D eigenvalue weighted by Crippen LogP contribution is -1.97. The molecule has 0 atom stereocenters. The Bertz CT molecular complexity index is 504. The van der Waals surface area contributed by atoms with Crippen LogP contribution >= 0.6 is 0 Å². The molecule has 0 spiro atoms. The fourth-order valence-electron chi connectivity index (χ4n) is 1.23. The Morgan fingerprint density at radius 3 is 2.76 bits per heavy atom. The zero-order chi connectivity index (χ0) is 12.8. The fraction of sp³-hybridized carbons (Fsp3) is 0.0769. The average Bonchev–Trinajstić information content (AvgIpc) is 2.34. The molecule has 1 aromatic heterocycles. The molecule has 1 N–H and O–H groups in total. The highest BCUT2D eigenvalue weighted by Gasteiger charge is 2.06. The monoisotopic (exact) mass is 233 g/mol. The van der Waals surface area contributed by atoms with Gasteiger partial charge in [0.2, 0.25) is 5.78 Å². The number of aromatic nitrogens is 1. The quantitative estimate of drug-likeness (QED) is 0.494. The number of ketones is 1. The van der Waals surface area contributed by atoms with Gasteiger partial charge in [-0.15, -0.1) is 0 Å². The first-order valence-corrected chi connectivity index (χ1v) is 4.93. The number of nitrogens with zero attached hydrogens (tertiary/aromatic N) is 1. The Labute approximate surface area is 98.6 Å². The first-order chi connectivity index (χ1) is 8.08. The smallest absolute Gasteiger partial charge is 0.219 e. The number of hydrogen-bond donors (Lipinski definition) is 1. The van der Waals surface area contributed by atoms with Crippen molar-refractivity contribution in [1.29, 1.82) is 0 Å². The Morgan fingerprint density at radius 2 is 2.24 bits per heavy atom. The van der Waals surface area contributed by atoms with E-state index >= 15 is 0 Å². The summed E-state index contributed by atoms with van der Waals surface area (Å²) in [6.45, 7) is 4.97. The summed E-state index contributed by atoms with van der Waals surface area (Å²) in [4.78, 5) is 14.8. The maximum absolute atomic E-state index is 13.0. The van der Waals surface area contributed by atoms with E-state index < -0.39 is 17.4 Å². The van der Waals surface area contributed by atoms with E-state index in [0.717, 1.165) is 12.3 Å². The van der Waals surface area contributed by atoms with Crippen molar-refractivity contribution >= 4 is 11.4 Å². The van der Waals surface area contributed by atoms with Gasteiger partial charge >= 0.3 is 0 Å². The lowest BCUT2D eigenvalue weighted by molar-refractivity contribution is -0.113. The average molecular weight is 233 g/mol. The number of pyridine rings is 1. The summed E-state index contributed by atoms with van der Waals surface area (Å²) < 4.78 is 13.0. The van der Waals surface area contributed by atoms with Gasteiger partial charge < -0.3 is 5.11 Å². The van der Waals surface area contributed by atoms with Crippen LogP contribution < -0.4 is 0 Å². The van der Waals surface area contributed by atoms with E-state index in [2.05, 4.69) is 11.6 Å². The highest BCUT2D eigenvalue weighted by Crippen LogP contribution is 2.17. The van der Waals surface area contributed by atoms with E-state index in [-0.39, 0.29) is 0 Å². The first kappa shape index (κ1) is 12.8. The molecule has 0 amide bonds. The van der Waals surface area contributed by atoms with Gasteiger partial charge in [0.15, 0.2) is 5.76 Å². The fourth-order valence-corrected chi connectivity index (χ4v) is 1.23. The van der Waals surface area contributed by atoms with E-state index in [1.807, 2.05) is 0 Å². The summed E-state index contributed by atoms with van der Waals surface area (Å²) in [5.74, 6) is -1.52. The predicted octanol–water partition coefficient (Wildman–Crippen LogP) is 2.82. The molecule has 0 radical (unpaired) electrons. The summed E-state index contributed by atoms with van der Waals surface area (Å²) in [7, 11) is 0. The van der Waals surface area contributed by atoms with Gasteiger partial charge in [0.25, 0.3) is 0 Å². The standard InChI is InChI=1S/C13H12FNO2/c1-3-9(6-13(17)12(16)4-2)10-5-11(14)8-15-7-10/h3-8,17H,2H2,1H3/b9-3+,13-6+. The number of carbonyl (C=O) groups excluding carboxylic acids is 1. The number of hydrogen-bond acceptors (Lipinski definition) is 3. The van der Waals surface area contributed by atoms with Crippen LogP contribution in [-0.2, 0) is 4.79 Å². The second-order valence-corrected chi connectivity index (χ2v) is 3.23. The number of carbonyl (C=O) groups is 1. The van der Waals surface area contributed by atoms with Crippen LogP contribution in [0, 0.1) is 5.82 Å². The highest BCUT2D eigenvalue weighted by molar-refractivity contribution is 6.03. The topological polar surface area (TPSA) is 50.2 Å². The van der Waals surface area contributed by atoms with Crippen molar-refractivity contribution < 1.29 is 14.3 Å². The van der Waals surface area contributed by atoms with Crippen LogP contribution in [0.2, 0.25) is 0 Å². The van der Waals surface area contributed by atoms with Crippen molar-refractivity contribution in [2.75, 3.05) is 0 Å². The van der Waals surface area contributed by atoms with E-state index in [1.165, 1.54) is 18.3 Å². The molecule has 88 valence electrons. The second kappa shape index (κ2) is 5.75. The zero-order valence-corrected chi connectivity index (χ0v) is 9.35. The number of halogens is 1. The molecule has 0 bridgehead atoms. The third kappa shape index (κ3) is 3.38. The molecule has 1 rings (SSSR count). The molecule has 0 saturated carbocycles. The summed E-state index contributed by atoms with van der Waals surface area (Å²) in [5, 5.41) is 9.44. The Kier molecular flexibility index (Phi) is 4.34.